The molecular weight excluding hydrogens is 288 g/mol. The molecule has 2 rings (SSSR count). The summed E-state index contributed by atoms with van der Waals surface area (Å²) >= 11 is 0. The largest absolute Gasteiger partial charge is 0.378 e. The molecule has 1 aliphatic rings. The van der Waals surface area contributed by atoms with Gasteiger partial charge in [0.1, 0.15) is 0 Å². The van der Waals surface area contributed by atoms with Gasteiger partial charge in [0.15, 0.2) is 0 Å². The highest BCUT2D eigenvalue weighted by molar-refractivity contribution is 7.88. The number of nitrogens with one attached hydrogen (secondary N) is 1. The first-order valence-corrected chi connectivity index (χ1v) is 8.99. The molecule has 1 atom stereocenters. The zero-order chi connectivity index (χ0) is 15.3. The average molecular weight is 312 g/mol. The molecule has 0 aliphatic carbocycles. The number of morpholine rings is 1. The Balaban J connectivity index is 2.02. The summed E-state index contributed by atoms with van der Waals surface area (Å²) in [4.78, 5) is 0. The van der Waals surface area contributed by atoms with Crippen LogP contribution in [-0.2, 0) is 27.1 Å². The number of hydrogen-bond acceptors (Lipinski definition) is 4. The van der Waals surface area contributed by atoms with Crippen LogP contribution >= 0.6 is 0 Å². The van der Waals surface area contributed by atoms with E-state index >= 15 is 0 Å². The second-order valence-electron chi connectivity index (χ2n) is 5.39. The number of benzene rings is 1. The maximum absolute atomic E-state index is 12.5. The van der Waals surface area contributed by atoms with Gasteiger partial charge in [0.2, 0.25) is 10.0 Å². The van der Waals surface area contributed by atoms with Gasteiger partial charge in [-0.25, -0.2) is 8.42 Å². The van der Waals surface area contributed by atoms with Crippen molar-refractivity contribution in [3.8, 4) is 0 Å². The van der Waals surface area contributed by atoms with Crippen molar-refractivity contribution in [2.45, 2.75) is 32.2 Å². The summed E-state index contributed by atoms with van der Waals surface area (Å²) in [7, 11) is -3.28. The van der Waals surface area contributed by atoms with Crippen LogP contribution in [0.25, 0.3) is 0 Å². The Kier molecular flexibility index (Phi) is 5.75. The highest BCUT2D eigenvalue weighted by Gasteiger charge is 2.29. The highest BCUT2D eigenvalue weighted by atomic mass is 32.2. The molecule has 1 saturated heterocycles. The zero-order valence-electron chi connectivity index (χ0n) is 12.7. The smallest absolute Gasteiger partial charge is 0.218 e. The summed E-state index contributed by atoms with van der Waals surface area (Å²) < 4.78 is 31.8. The summed E-state index contributed by atoms with van der Waals surface area (Å²) in [5.74, 6) is 0.0544. The number of rotatable bonds is 6. The fourth-order valence-corrected chi connectivity index (χ4v) is 4.18. The minimum absolute atomic E-state index is 0.0544. The summed E-state index contributed by atoms with van der Waals surface area (Å²) in [6.07, 6.45) is 0. The molecule has 1 unspecified atom stereocenters. The molecule has 0 saturated carbocycles. The van der Waals surface area contributed by atoms with Gasteiger partial charge in [-0.15, -0.1) is 0 Å². The van der Waals surface area contributed by atoms with Crippen LogP contribution in [0.4, 0.5) is 0 Å². The van der Waals surface area contributed by atoms with E-state index in [1.165, 1.54) is 0 Å². The van der Waals surface area contributed by atoms with Crippen LogP contribution in [0.15, 0.2) is 24.3 Å². The van der Waals surface area contributed by atoms with E-state index < -0.39 is 10.0 Å². The molecule has 1 N–H and O–H groups in total. The lowest BCUT2D eigenvalue weighted by Gasteiger charge is -2.32. The second-order valence-corrected chi connectivity index (χ2v) is 7.31. The SMILES string of the molecule is CCNCc1ccc(CS(=O)(=O)N2CCOCC2C)cc1. The van der Waals surface area contributed by atoms with E-state index in [2.05, 4.69) is 12.2 Å². The molecule has 0 radical (unpaired) electrons. The van der Waals surface area contributed by atoms with Crippen molar-refractivity contribution in [3.63, 3.8) is 0 Å². The minimum Gasteiger partial charge on any atom is -0.378 e. The van der Waals surface area contributed by atoms with Crippen LogP contribution in [-0.4, -0.2) is 45.1 Å². The topological polar surface area (TPSA) is 58.6 Å². The molecule has 1 aliphatic heterocycles. The molecule has 5 nitrogen and oxygen atoms in total. The van der Waals surface area contributed by atoms with Crippen molar-refractivity contribution in [2.24, 2.45) is 0 Å². The molecule has 1 aromatic rings. The molecule has 1 fully saturated rings. The van der Waals surface area contributed by atoms with Crippen LogP contribution in [0.1, 0.15) is 25.0 Å². The van der Waals surface area contributed by atoms with Crippen molar-refractivity contribution in [1.29, 1.82) is 0 Å². The molecule has 0 aromatic heterocycles. The van der Waals surface area contributed by atoms with Gasteiger partial charge in [0, 0.05) is 19.1 Å². The lowest BCUT2D eigenvalue weighted by atomic mass is 10.1. The Morgan fingerprint density at radius 3 is 2.57 bits per heavy atom. The van der Waals surface area contributed by atoms with Crippen LogP contribution in [0.2, 0.25) is 0 Å². The Hall–Kier alpha value is -0.950. The van der Waals surface area contributed by atoms with Gasteiger partial charge >= 0.3 is 0 Å². The molecule has 6 heteroatoms. The third-order valence-corrected chi connectivity index (χ3v) is 5.57. The monoisotopic (exact) mass is 312 g/mol. The molecule has 118 valence electrons. The van der Waals surface area contributed by atoms with Crippen LogP contribution in [0.5, 0.6) is 0 Å². The van der Waals surface area contributed by atoms with Gasteiger partial charge in [0.25, 0.3) is 0 Å². The van der Waals surface area contributed by atoms with Gasteiger partial charge in [-0.3, -0.25) is 0 Å². The third-order valence-electron chi connectivity index (χ3n) is 3.62. The summed E-state index contributed by atoms with van der Waals surface area (Å²) in [6.45, 7) is 7.07. The van der Waals surface area contributed by atoms with Crippen LogP contribution < -0.4 is 5.32 Å². The predicted octanol–water partition coefficient (Wildman–Crippen LogP) is 1.35. The number of sulfonamides is 1. The summed E-state index contributed by atoms with van der Waals surface area (Å²) in [5, 5.41) is 3.25. The summed E-state index contributed by atoms with van der Waals surface area (Å²) in [6, 6.07) is 7.67. The van der Waals surface area contributed by atoms with E-state index in [1.54, 1.807) is 4.31 Å². The maximum Gasteiger partial charge on any atom is 0.218 e. The number of nitrogens with zero attached hydrogens (tertiary/aromatic N) is 1. The maximum atomic E-state index is 12.5. The first-order chi connectivity index (χ1) is 10.0. The van der Waals surface area contributed by atoms with Crippen molar-refractivity contribution in [3.05, 3.63) is 35.4 Å². The van der Waals surface area contributed by atoms with Crippen LogP contribution in [0.3, 0.4) is 0 Å². The van der Waals surface area contributed by atoms with E-state index in [0.717, 1.165) is 24.2 Å². The first kappa shape index (κ1) is 16.4. The standard InChI is InChI=1S/C15H24N2O3S/c1-3-16-10-14-4-6-15(7-5-14)12-21(18,19)17-8-9-20-11-13(17)2/h4-7,13,16H,3,8-12H2,1-2H3. The lowest BCUT2D eigenvalue weighted by molar-refractivity contribution is 0.0392. The normalized spacial score (nSPS) is 20.6. The number of ether oxygens (including phenoxy) is 1. The fraction of sp³-hybridized carbons (Fsp3) is 0.600. The van der Waals surface area contributed by atoms with Gasteiger partial charge < -0.3 is 10.1 Å². The van der Waals surface area contributed by atoms with E-state index in [9.17, 15) is 8.42 Å². The van der Waals surface area contributed by atoms with Gasteiger partial charge in [-0.05, 0) is 24.6 Å². The number of hydrogen-bond donors (Lipinski definition) is 1. The van der Waals surface area contributed by atoms with Gasteiger partial charge in [0.05, 0.1) is 19.0 Å². The predicted molar refractivity (Wildman–Crippen MR) is 83.4 cm³/mol. The first-order valence-electron chi connectivity index (χ1n) is 7.38. The fourth-order valence-electron chi connectivity index (χ4n) is 2.44. The molecule has 0 bridgehead atoms. The molecule has 0 spiro atoms. The van der Waals surface area contributed by atoms with Crippen LogP contribution in [0, 0.1) is 0 Å². The molecule has 1 aromatic carbocycles. The third kappa shape index (κ3) is 4.51. The van der Waals surface area contributed by atoms with Crippen molar-refractivity contribution < 1.29 is 13.2 Å². The average Bonchev–Trinajstić information content (AvgIpc) is 2.46. The van der Waals surface area contributed by atoms with E-state index in [0.29, 0.717) is 19.8 Å². The van der Waals surface area contributed by atoms with E-state index in [1.807, 2.05) is 31.2 Å². The zero-order valence-corrected chi connectivity index (χ0v) is 13.5. The van der Waals surface area contributed by atoms with Gasteiger partial charge in [-0.1, -0.05) is 31.2 Å². The molecule has 1 heterocycles. The molecular formula is C15H24N2O3S. The lowest BCUT2D eigenvalue weighted by Crippen LogP contribution is -2.47. The Morgan fingerprint density at radius 2 is 1.95 bits per heavy atom. The molecule has 21 heavy (non-hydrogen) atoms. The summed E-state index contributed by atoms with van der Waals surface area (Å²) in [5.41, 5.74) is 1.99. The Bertz CT molecular complexity index is 543. The quantitative estimate of drug-likeness (QED) is 0.861. The highest BCUT2D eigenvalue weighted by Crippen LogP contribution is 2.17. The van der Waals surface area contributed by atoms with Crippen molar-refractivity contribution in [2.75, 3.05) is 26.3 Å². The van der Waals surface area contributed by atoms with Gasteiger partial charge in [-0.2, -0.15) is 4.31 Å². The Morgan fingerprint density at radius 1 is 1.29 bits per heavy atom. The molecule has 0 amide bonds. The second kappa shape index (κ2) is 7.35. The van der Waals surface area contributed by atoms with Crippen molar-refractivity contribution >= 4 is 10.0 Å². The van der Waals surface area contributed by atoms with E-state index in [-0.39, 0.29) is 11.8 Å². The minimum atomic E-state index is -3.28. The van der Waals surface area contributed by atoms with Crippen molar-refractivity contribution in [1.82, 2.24) is 9.62 Å². The van der Waals surface area contributed by atoms with E-state index in [4.69, 9.17) is 4.74 Å². The Labute approximate surface area is 127 Å².